The minimum Gasteiger partial charge on any atom is -0.336 e. The summed E-state index contributed by atoms with van der Waals surface area (Å²) in [5.74, 6) is 0.0843. The summed E-state index contributed by atoms with van der Waals surface area (Å²) in [6.45, 7) is 0.433. The number of benzene rings is 2. The Hall–Kier alpha value is -3.12. The Balaban J connectivity index is 1.64. The lowest BCUT2D eigenvalue weighted by molar-refractivity contribution is -0.115. The average molecular weight is 397 g/mol. The number of hydrogen-bond donors (Lipinski definition) is 1. The molecule has 2 aromatic carbocycles. The van der Waals surface area contributed by atoms with E-state index in [0.717, 1.165) is 11.1 Å². The number of hydrogen-bond acceptors (Lipinski definition) is 3. The van der Waals surface area contributed by atoms with E-state index in [-0.39, 0.29) is 23.9 Å². The fraction of sp³-hybridized carbons (Fsp3) is 0.190. The number of carbonyl (C=O) groups excluding carboxylic acids is 2. The molecule has 1 aromatic heterocycles. The Morgan fingerprint density at radius 3 is 2.43 bits per heavy atom. The molecule has 0 radical (unpaired) electrons. The Labute approximate surface area is 168 Å². The molecular weight excluding hydrogens is 376 g/mol. The van der Waals surface area contributed by atoms with Crippen LogP contribution in [-0.4, -0.2) is 33.5 Å². The standard InChI is InChI=1S/C21H21ClN4O2/c1-25(14-16-8-10-17(22)11-9-16)21(28)18-13-19(26(2)24-18)23-20(27)12-15-6-4-3-5-7-15/h3-11,13H,12,14H2,1-2H3,(H,23,27). The van der Waals surface area contributed by atoms with Crippen molar-refractivity contribution in [3.63, 3.8) is 0 Å². The lowest BCUT2D eigenvalue weighted by Crippen LogP contribution is -2.26. The predicted molar refractivity (Wildman–Crippen MR) is 109 cm³/mol. The maximum Gasteiger partial charge on any atom is 0.274 e. The van der Waals surface area contributed by atoms with Gasteiger partial charge in [0.1, 0.15) is 5.82 Å². The van der Waals surface area contributed by atoms with Crippen LogP contribution in [0.1, 0.15) is 21.6 Å². The third-order valence-electron chi connectivity index (χ3n) is 4.25. The molecule has 2 amide bonds. The van der Waals surface area contributed by atoms with Crippen LogP contribution in [0.3, 0.4) is 0 Å². The van der Waals surface area contributed by atoms with Gasteiger partial charge in [-0.2, -0.15) is 5.10 Å². The van der Waals surface area contributed by atoms with Crippen LogP contribution in [0.5, 0.6) is 0 Å². The minimum atomic E-state index is -0.228. The predicted octanol–water partition coefficient (Wildman–Crippen LogP) is 3.53. The first-order valence-electron chi connectivity index (χ1n) is 8.80. The van der Waals surface area contributed by atoms with Crippen molar-refractivity contribution in [1.82, 2.24) is 14.7 Å². The molecule has 144 valence electrons. The average Bonchev–Trinajstić information content (AvgIpc) is 3.04. The lowest BCUT2D eigenvalue weighted by atomic mass is 10.1. The highest BCUT2D eigenvalue weighted by Crippen LogP contribution is 2.15. The number of rotatable bonds is 6. The molecule has 6 nitrogen and oxygen atoms in total. The van der Waals surface area contributed by atoms with Gasteiger partial charge in [-0.15, -0.1) is 0 Å². The summed E-state index contributed by atoms with van der Waals surface area (Å²) in [5.41, 5.74) is 2.16. The summed E-state index contributed by atoms with van der Waals surface area (Å²) in [7, 11) is 3.40. The first-order valence-corrected chi connectivity index (χ1v) is 9.18. The minimum absolute atomic E-state index is 0.164. The Morgan fingerprint density at radius 2 is 1.75 bits per heavy atom. The van der Waals surface area contributed by atoms with Gasteiger partial charge in [0.2, 0.25) is 5.91 Å². The molecule has 28 heavy (non-hydrogen) atoms. The SMILES string of the molecule is CN(Cc1ccc(Cl)cc1)C(=O)c1cc(NC(=O)Cc2ccccc2)n(C)n1. The molecule has 0 saturated heterocycles. The molecule has 7 heteroatoms. The third-order valence-corrected chi connectivity index (χ3v) is 4.51. The third kappa shape index (κ3) is 4.98. The van der Waals surface area contributed by atoms with E-state index in [2.05, 4.69) is 10.4 Å². The van der Waals surface area contributed by atoms with Crippen molar-refractivity contribution in [3.8, 4) is 0 Å². The number of aryl methyl sites for hydroxylation is 1. The number of halogens is 1. The molecule has 0 spiro atoms. The summed E-state index contributed by atoms with van der Waals surface area (Å²) in [6, 6.07) is 18.4. The topological polar surface area (TPSA) is 67.2 Å². The van der Waals surface area contributed by atoms with Gasteiger partial charge in [0.05, 0.1) is 6.42 Å². The van der Waals surface area contributed by atoms with Gasteiger partial charge >= 0.3 is 0 Å². The van der Waals surface area contributed by atoms with E-state index in [1.165, 1.54) is 4.68 Å². The fourth-order valence-electron chi connectivity index (χ4n) is 2.79. The number of aromatic nitrogens is 2. The van der Waals surface area contributed by atoms with Gasteiger partial charge in [-0.1, -0.05) is 54.1 Å². The van der Waals surface area contributed by atoms with E-state index < -0.39 is 0 Å². The summed E-state index contributed by atoms with van der Waals surface area (Å²) in [5, 5.41) is 7.69. The van der Waals surface area contributed by atoms with Crippen molar-refractivity contribution in [2.45, 2.75) is 13.0 Å². The number of nitrogens with one attached hydrogen (secondary N) is 1. The van der Waals surface area contributed by atoms with Crippen LogP contribution >= 0.6 is 11.6 Å². The molecular formula is C21H21ClN4O2. The van der Waals surface area contributed by atoms with Crippen molar-refractivity contribution in [3.05, 3.63) is 82.5 Å². The highest BCUT2D eigenvalue weighted by Gasteiger charge is 2.18. The zero-order valence-electron chi connectivity index (χ0n) is 15.7. The van der Waals surface area contributed by atoms with Crippen molar-refractivity contribution < 1.29 is 9.59 Å². The number of nitrogens with zero attached hydrogens (tertiary/aromatic N) is 3. The molecule has 0 unspecified atom stereocenters. The van der Waals surface area contributed by atoms with E-state index in [1.807, 2.05) is 42.5 Å². The highest BCUT2D eigenvalue weighted by atomic mass is 35.5. The number of amides is 2. The Kier molecular flexibility index (Phi) is 6.11. The second-order valence-electron chi connectivity index (χ2n) is 6.54. The molecule has 0 aliphatic heterocycles. The van der Waals surface area contributed by atoms with Crippen LogP contribution in [0.2, 0.25) is 5.02 Å². The second kappa shape index (κ2) is 8.71. The van der Waals surface area contributed by atoms with Crippen molar-refractivity contribution in [1.29, 1.82) is 0 Å². The Morgan fingerprint density at radius 1 is 1.07 bits per heavy atom. The van der Waals surface area contributed by atoms with E-state index >= 15 is 0 Å². The molecule has 0 atom stereocenters. The molecule has 0 aliphatic carbocycles. The van der Waals surface area contributed by atoms with Gasteiger partial charge in [-0.3, -0.25) is 14.3 Å². The zero-order chi connectivity index (χ0) is 20.1. The van der Waals surface area contributed by atoms with Gasteiger partial charge in [0, 0.05) is 31.7 Å². The molecule has 0 bridgehead atoms. The quantitative estimate of drug-likeness (QED) is 0.693. The van der Waals surface area contributed by atoms with Gasteiger partial charge in [-0.25, -0.2) is 0 Å². The summed E-state index contributed by atoms with van der Waals surface area (Å²) in [4.78, 5) is 26.5. The molecule has 0 fully saturated rings. The van der Waals surface area contributed by atoms with Crippen molar-refractivity contribution in [2.24, 2.45) is 7.05 Å². The molecule has 1 N–H and O–H groups in total. The molecule has 0 saturated carbocycles. The van der Waals surface area contributed by atoms with Crippen LogP contribution < -0.4 is 5.32 Å². The van der Waals surface area contributed by atoms with E-state index in [4.69, 9.17) is 11.6 Å². The fourth-order valence-corrected chi connectivity index (χ4v) is 2.91. The van der Waals surface area contributed by atoms with Crippen LogP contribution in [-0.2, 0) is 24.8 Å². The summed E-state index contributed by atoms with van der Waals surface area (Å²) in [6.07, 6.45) is 0.256. The second-order valence-corrected chi connectivity index (χ2v) is 6.97. The number of anilines is 1. The number of carbonyl (C=O) groups is 2. The van der Waals surface area contributed by atoms with E-state index in [0.29, 0.717) is 17.4 Å². The van der Waals surface area contributed by atoms with Crippen LogP contribution in [0.15, 0.2) is 60.7 Å². The molecule has 3 aromatic rings. The van der Waals surface area contributed by atoms with Crippen LogP contribution in [0.25, 0.3) is 0 Å². The molecule has 1 heterocycles. The molecule has 3 rings (SSSR count). The first-order chi connectivity index (χ1) is 13.4. The smallest absolute Gasteiger partial charge is 0.274 e. The van der Waals surface area contributed by atoms with Gasteiger partial charge in [0.15, 0.2) is 5.69 Å². The van der Waals surface area contributed by atoms with E-state index in [1.54, 1.807) is 37.2 Å². The van der Waals surface area contributed by atoms with Crippen LogP contribution in [0.4, 0.5) is 5.82 Å². The van der Waals surface area contributed by atoms with Gasteiger partial charge in [0.25, 0.3) is 5.91 Å². The van der Waals surface area contributed by atoms with Gasteiger partial charge in [-0.05, 0) is 23.3 Å². The normalized spacial score (nSPS) is 10.5. The lowest BCUT2D eigenvalue weighted by Gasteiger charge is -2.15. The van der Waals surface area contributed by atoms with Crippen molar-refractivity contribution in [2.75, 3.05) is 12.4 Å². The Bertz CT molecular complexity index is 968. The van der Waals surface area contributed by atoms with E-state index in [9.17, 15) is 9.59 Å². The maximum absolute atomic E-state index is 12.7. The monoisotopic (exact) mass is 396 g/mol. The van der Waals surface area contributed by atoms with Crippen molar-refractivity contribution >= 4 is 29.2 Å². The largest absolute Gasteiger partial charge is 0.336 e. The van der Waals surface area contributed by atoms with Gasteiger partial charge < -0.3 is 10.2 Å². The van der Waals surface area contributed by atoms with Crippen LogP contribution in [0, 0.1) is 0 Å². The molecule has 0 aliphatic rings. The highest BCUT2D eigenvalue weighted by molar-refractivity contribution is 6.30. The summed E-state index contributed by atoms with van der Waals surface area (Å²) < 4.78 is 1.49. The summed E-state index contributed by atoms with van der Waals surface area (Å²) >= 11 is 5.89. The zero-order valence-corrected chi connectivity index (χ0v) is 16.5. The maximum atomic E-state index is 12.7. The first kappa shape index (κ1) is 19.6.